The molecule has 2 N–H and O–H groups in total. The molecule has 0 aliphatic rings. The van der Waals surface area contributed by atoms with Gasteiger partial charge in [-0.3, -0.25) is 0 Å². The number of nitrogens with two attached hydrogens (primary N) is 1. The Balaban J connectivity index is 2.44. The van der Waals surface area contributed by atoms with Crippen LogP contribution in [0.5, 0.6) is 0 Å². The van der Waals surface area contributed by atoms with E-state index in [1.807, 2.05) is 17.8 Å². The molecule has 17 heavy (non-hydrogen) atoms. The van der Waals surface area contributed by atoms with E-state index >= 15 is 0 Å². The second kappa shape index (κ2) is 7.39. The lowest BCUT2D eigenvalue weighted by Gasteiger charge is -2.14. The molecule has 1 aromatic carbocycles. The Hall–Kier alpha value is -0.0600. The predicted molar refractivity (Wildman–Crippen MR) is 78.0 cm³/mol. The molecule has 1 rings (SSSR count). The summed E-state index contributed by atoms with van der Waals surface area (Å²) in [6.45, 7) is 4.39. The molecule has 2 atom stereocenters. The average Bonchev–Trinajstić information content (AvgIpc) is 2.31. The van der Waals surface area contributed by atoms with Gasteiger partial charge in [-0.15, -0.1) is 0 Å². The van der Waals surface area contributed by atoms with Crippen molar-refractivity contribution in [3.8, 4) is 0 Å². The van der Waals surface area contributed by atoms with Crippen molar-refractivity contribution in [3.63, 3.8) is 0 Å². The number of halogens is 2. The van der Waals surface area contributed by atoms with Gasteiger partial charge in [-0.2, -0.15) is 11.8 Å². The Labute approximate surface area is 115 Å². The van der Waals surface area contributed by atoms with Crippen LogP contribution in [0, 0.1) is 5.82 Å². The molecule has 0 radical (unpaired) electrons. The van der Waals surface area contributed by atoms with Crippen molar-refractivity contribution >= 4 is 27.7 Å². The van der Waals surface area contributed by atoms with Crippen molar-refractivity contribution in [2.24, 2.45) is 5.73 Å². The summed E-state index contributed by atoms with van der Waals surface area (Å²) in [5.74, 6) is 0.723. The number of hydrogen-bond donors (Lipinski definition) is 1. The van der Waals surface area contributed by atoms with Crippen LogP contribution < -0.4 is 5.73 Å². The van der Waals surface area contributed by atoms with E-state index in [1.54, 1.807) is 6.07 Å². The molecular weight excluding hydrogens is 301 g/mol. The molecule has 1 aromatic rings. The lowest BCUT2D eigenvalue weighted by Crippen LogP contribution is -2.26. The minimum absolute atomic E-state index is 0.131. The summed E-state index contributed by atoms with van der Waals surface area (Å²) in [5.41, 5.74) is 7.15. The van der Waals surface area contributed by atoms with Crippen molar-refractivity contribution in [1.82, 2.24) is 0 Å². The van der Waals surface area contributed by atoms with Crippen molar-refractivity contribution in [2.45, 2.75) is 38.0 Å². The lowest BCUT2D eigenvalue weighted by molar-refractivity contribution is 0.619. The van der Waals surface area contributed by atoms with Gasteiger partial charge in [-0.1, -0.05) is 19.9 Å². The molecule has 0 aromatic heterocycles. The van der Waals surface area contributed by atoms with Gasteiger partial charge in [0.05, 0.1) is 4.47 Å². The average molecular weight is 320 g/mol. The van der Waals surface area contributed by atoms with E-state index in [2.05, 4.69) is 29.8 Å². The van der Waals surface area contributed by atoms with Crippen LogP contribution in [0.3, 0.4) is 0 Å². The molecule has 0 aliphatic heterocycles. The summed E-state index contributed by atoms with van der Waals surface area (Å²) in [7, 11) is 0. The summed E-state index contributed by atoms with van der Waals surface area (Å²) >= 11 is 5.09. The lowest BCUT2D eigenvalue weighted by atomic mass is 10.1. The van der Waals surface area contributed by atoms with Crippen LogP contribution in [0.15, 0.2) is 22.7 Å². The quantitative estimate of drug-likeness (QED) is 0.858. The first-order valence-corrected chi connectivity index (χ1v) is 7.68. The molecule has 0 saturated heterocycles. The fourth-order valence-corrected chi connectivity index (χ4v) is 2.79. The Morgan fingerprint density at radius 3 is 2.76 bits per heavy atom. The zero-order valence-electron chi connectivity index (χ0n) is 10.2. The van der Waals surface area contributed by atoms with E-state index in [-0.39, 0.29) is 11.9 Å². The van der Waals surface area contributed by atoms with Crippen LogP contribution in [0.1, 0.15) is 25.8 Å². The first-order valence-electron chi connectivity index (χ1n) is 5.84. The van der Waals surface area contributed by atoms with Crippen LogP contribution in [0.25, 0.3) is 0 Å². The highest BCUT2D eigenvalue weighted by Crippen LogP contribution is 2.19. The van der Waals surface area contributed by atoms with Gasteiger partial charge in [0.2, 0.25) is 0 Å². The Morgan fingerprint density at radius 1 is 1.47 bits per heavy atom. The third-order valence-corrected chi connectivity index (χ3v) is 4.78. The van der Waals surface area contributed by atoms with E-state index in [0.717, 1.165) is 17.7 Å². The molecule has 0 amide bonds. The smallest absolute Gasteiger partial charge is 0.137 e. The van der Waals surface area contributed by atoms with E-state index in [9.17, 15) is 4.39 Å². The van der Waals surface area contributed by atoms with Gasteiger partial charge in [0, 0.05) is 17.0 Å². The maximum atomic E-state index is 13.1. The summed E-state index contributed by atoms with van der Waals surface area (Å²) in [4.78, 5) is 0. The fourth-order valence-electron chi connectivity index (χ4n) is 1.43. The zero-order valence-corrected chi connectivity index (χ0v) is 12.7. The molecule has 2 unspecified atom stereocenters. The number of rotatable bonds is 6. The van der Waals surface area contributed by atoms with Gasteiger partial charge >= 0.3 is 0 Å². The third kappa shape index (κ3) is 5.40. The Kier molecular flexibility index (Phi) is 6.52. The van der Waals surface area contributed by atoms with Crippen molar-refractivity contribution in [2.75, 3.05) is 5.75 Å². The van der Waals surface area contributed by atoms with Gasteiger partial charge in [-0.25, -0.2) is 4.39 Å². The summed E-state index contributed by atoms with van der Waals surface area (Å²) in [6, 6.07) is 5.22. The standard InChI is InChI=1S/C13H19BrFNS/c1-3-9(2)17-8-11(16)6-10-4-5-13(15)12(14)7-10/h4-5,7,9,11H,3,6,8,16H2,1-2H3. The summed E-state index contributed by atoms with van der Waals surface area (Å²) in [6.07, 6.45) is 1.96. The van der Waals surface area contributed by atoms with E-state index in [1.165, 1.54) is 12.5 Å². The van der Waals surface area contributed by atoms with Crippen LogP contribution >= 0.6 is 27.7 Å². The van der Waals surface area contributed by atoms with Crippen LogP contribution in [0.4, 0.5) is 4.39 Å². The maximum Gasteiger partial charge on any atom is 0.137 e. The largest absolute Gasteiger partial charge is 0.327 e. The maximum absolute atomic E-state index is 13.1. The summed E-state index contributed by atoms with van der Waals surface area (Å²) in [5, 5.41) is 0.654. The molecule has 0 saturated carbocycles. The van der Waals surface area contributed by atoms with Crippen LogP contribution in [-0.4, -0.2) is 17.0 Å². The Morgan fingerprint density at radius 2 is 2.18 bits per heavy atom. The van der Waals surface area contributed by atoms with Gasteiger partial charge < -0.3 is 5.73 Å². The van der Waals surface area contributed by atoms with Crippen LogP contribution in [-0.2, 0) is 6.42 Å². The highest BCUT2D eigenvalue weighted by molar-refractivity contribution is 9.10. The fraction of sp³-hybridized carbons (Fsp3) is 0.538. The van der Waals surface area contributed by atoms with E-state index in [0.29, 0.717) is 9.72 Å². The van der Waals surface area contributed by atoms with Crippen LogP contribution in [0.2, 0.25) is 0 Å². The molecular formula is C13H19BrFNS. The van der Waals surface area contributed by atoms with Crippen molar-refractivity contribution < 1.29 is 4.39 Å². The molecule has 0 aliphatic carbocycles. The number of benzene rings is 1. The first-order chi connectivity index (χ1) is 8.02. The van der Waals surface area contributed by atoms with E-state index < -0.39 is 0 Å². The van der Waals surface area contributed by atoms with Gasteiger partial charge in [0.15, 0.2) is 0 Å². The van der Waals surface area contributed by atoms with Crippen molar-refractivity contribution in [3.05, 3.63) is 34.1 Å². The normalized spacial score (nSPS) is 14.6. The van der Waals surface area contributed by atoms with Gasteiger partial charge in [0.25, 0.3) is 0 Å². The minimum atomic E-state index is -0.226. The summed E-state index contributed by atoms with van der Waals surface area (Å²) < 4.78 is 13.6. The molecule has 1 nitrogen and oxygen atoms in total. The number of hydrogen-bond acceptors (Lipinski definition) is 2. The molecule has 96 valence electrons. The molecule has 0 heterocycles. The monoisotopic (exact) mass is 319 g/mol. The zero-order chi connectivity index (χ0) is 12.8. The number of thioether (sulfide) groups is 1. The molecule has 4 heteroatoms. The second-order valence-electron chi connectivity index (χ2n) is 4.26. The SMILES string of the molecule is CCC(C)SCC(N)Cc1ccc(F)c(Br)c1. The third-order valence-electron chi connectivity index (χ3n) is 2.65. The van der Waals surface area contributed by atoms with Gasteiger partial charge in [-0.05, 0) is 46.5 Å². The second-order valence-corrected chi connectivity index (χ2v) is 6.59. The highest BCUT2D eigenvalue weighted by Gasteiger charge is 2.08. The molecule has 0 bridgehead atoms. The van der Waals surface area contributed by atoms with Crippen molar-refractivity contribution in [1.29, 1.82) is 0 Å². The Bertz CT molecular complexity index is 359. The highest BCUT2D eigenvalue weighted by atomic mass is 79.9. The first kappa shape index (κ1) is 15.0. The predicted octanol–water partition coefficient (Wildman–Crippen LogP) is 3.99. The molecule has 0 fully saturated rings. The van der Waals surface area contributed by atoms with E-state index in [4.69, 9.17) is 5.73 Å². The molecule has 0 spiro atoms. The minimum Gasteiger partial charge on any atom is -0.327 e. The van der Waals surface area contributed by atoms with Gasteiger partial charge in [0.1, 0.15) is 5.82 Å². The topological polar surface area (TPSA) is 26.0 Å².